The molecule has 0 heterocycles. The Labute approximate surface area is 61.4 Å². The van der Waals surface area contributed by atoms with Crippen LogP contribution in [0.2, 0.25) is 0 Å². The summed E-state index contributed by atoms with van der Waals surface area (Å²) in [6.45, 7) is 5.45. The van der Waals surface area contributed by atoms with E-state index in [-0.39, 0.29) is 0 Å². The third-order valence-corrected chi connectivity index (χ3v) is 0.884. The molecule has 0 saturated carbocycles. The van der Waals surface area contributed by atoms with Gasteiger partial charge in [0.2, 0.25) is 0 Å². The maximum atomic E-state index is 4.92. The van der Waals surface area contributed by atoms with Crippen LogP contribution in [-0.4, -0.2) is 6.21 Å². The minimum absolute atomic E-state index is 1.01. The number of hydrogen-bond donors (Lipinski definition) is 1. The molecule has 10 heavy (non-hydrogen) atoms. The van der Waals surface area contributed by atoms with Crippen molar-refractivity contribution >= 4 is 6.21 Å². The van der Waals surface area contributed by atoms with Crippen LogP contribution in [0.1, 0.15) is 6.92 Å². The second-order valence-corrected chi connectivity index (χ2v) is 1.81. The molecule has 0 aromatic rings. The normalized spacial score (nSPS) is 13.1. The van der Waals surface area contributed by atoms with E-state index in [1.165, 1.54) is 0 Å². The lowest BCUT2D eigenvalue weighted by Crippen LogP contribution is -1.83. The van der Waals surface area contributed by atoms with Crippen molar-refractivity contribution < 1.29 is 0 Å². The minimum atomic E-state index is 1.01. The highest BCUT2D eigenvalue weighted by molar-refractivity contribution is 5.77. The molecule has 0 bridgehead atoms. The number of allylic oxidation sites excluding steroid dienone is 5. The van der Waals surface area contributed by atoms with Crippen molar-refractivity contribution in [3.05, 3.63) is 36.5 Å². The zero-order valence-corrected chi connectivity index (χ0v) is 6.12. The van der Waals surface area contributed by atoms with Crippen LogP contribution < -0.4 is 5.84 Å². The summed E-state index contributed by atoms with van der Waals surface area (Å²) >= 11 is 0. The Bertz CT molecular complexity index is 176. The molecule has 0 fully saturated rings. The van der Waals surface area contributed by atoms with Crippen LogP contribution in [0.3, 0.4) is 0 Å². The van der Waals surface area contributed by atoms with Crippen molar-refractivity contribution in [3.63, 3.8) is 0 Å². The summed E-state index contributed by atoms with van der Waals surface area (Å²) in [5.74, 6) is 4.92. The first-order chi connectivity index (χ1) is 4.81. The summed E-state index contributed by atoms with van der Waals surface area (Å²) in [7, 11) is 0. The molecule has 0 radical (unpaired) electrons. The fourth-order valence-electron chi connectivity index (χ4n) is 0.447. The van der Waals surface area contributed by atoms with Crippen LogP contribution in [0.4, 0.5) is 0 Å². The molecule has 0 aromatic heterocycles. The summed E-state index contributed by atoms with van der Waals surface area (Å²) in [5.41, 5.74) is 1.01. The lowest BCUT2D eigenvalue weighted by Gasteiger charge is -1.82. The average Bonchev–Trinajstić information content (AvgIpc) is 1.89. The smallest absolute Gasteiger partial charge is 0.0494 e. The second kappa shape index (κ2) is 5.82. The molecule has 54 valence electrons. The van der Waals surface area contributed by atoms with Crippen LogP contribution >= 0.6 is 0 Å². The Kier molecular flexibility index (Phi) is 5.06. The Morgan fingerprint density at radius 3 is 2.70 bits per heavy atom. The van der Waals surface area contributed by atoms with Crippen molar-refractivity contribution in [1.29, 1.82) is 0 Å². The molecule has 2 nitrogen and oxygen atoms in total. The van der Waals surface area contributed by atoms with E-state index in [4.69, 9.17) is 5.84 Å². The molecule has 0 amide bonds. The fraction of sp³-hybridized carbons (Fsp3) is 0.125. The summed E-state index contributed by atoms with van der Waals surface area (Å²) in [5, 5.41) is 3.36. The van der Waals surface area contributed by atoms with Gasteiger partial charge in [0.25, 0.3) is 0 Å². The van der Waals surface area contributed by atoms with Crippen LogP contribution in [-0.2, 0) is 0 Å². The Balaban J connectivity index is 3.90. The quantitative estimate of drug-likeness (QED) is 0.272. The van der Waals surface area contributed by atoms with Gasteiger partial charge >= 0.3 is 0 Å². The molecular formula is C8H12N2. The average molecular weight is 136 g/mol. The summed E-state index contributed by atoms with van der Waals surface area (Å²) in [6.07, 6.45) is 8.92. The number of nitrogens with two attached hydrogens (primary N) is 1. The maximum absolute atomic E-state index is 4.92. The van der Waals surface area contributed by atoms with Gasteiger partial charge in [-0.25, -0.2) is 0 Å². The van der Waals surface area contributed by atoms with Gasteiger partial charge in [-0.15, -0.1) is 0 Å². The maximum Gasteiger partial charge on any atom is 0.0494 e. The third kappa shape index (κ3) is 4.84. The van der Waals surface area contributed by atoms with Gasteiger partial charge in [0.1, 0.15) is 0 Å². The van der Waals surface area contributed by atoms with Crippen molar-refractivity contribution in [3.8, 4) is 0 Å². The van der Waals surface area contributed by atoms with E-state index >= 15 is 0 Å². The summed E-state index contributed by atoms with van der Waals surface area (Å²) in [6, 6.07) is 0. The summed E-state index contributed by atoms with van der Waals surface area (Å²) < 4.78 is 0. The third-order valence-electron chi connectivity index (χ3n) is 0.884. The first-order valence-electron chi connectivity index (χ1n) is 3.00. The van der Waals surface area contributed by atoms with E-state index in [0.29, 0.717) is 0 Å². The zero-order chi connectivity index (χ0) is 7.82. The van der Waals surface area contributed by atoms with E-state index in [1.54, 1.807) is 12.3 Å². The van der Waals surface area contributed by atoms with E-state index in [2.05, 4.69) is 11.7 Å². The van der Waals surface area contributed by atoms with Crippen molar-refractivity contribution in [2.45, 2.75) is 6.92 Å². The van der Waals surface area contributed by atoms with Crippen LogP contribution in [0.15, 0.2) is 41.6 Å². The Morgan fingerprint density at radius 2 is 2.20 bits per heavy atom. The summed E-state index contributed by atoms with van der Waals surface area (Å²) in [4.78, 5) is 0. The van der Waals surface area contributed by atoms with Crippen LogP contribution in [0, 0.1) is 0 Å². The second-order valence-electron chi connectivity index (χ2n) is 1.81. The molecule has 0 atom stereocenters. The van der Waals surface area contributed by atoms with Gasteiger partial charge in [0.05, 0.1) is 0 Å². The Hall–Kier alpha value is -1.31. The monoisotopic (exact) mass is 136 g/mol. The molecule has 2 N–H and O–H groups in total. The lowest BCUT2D eigenvalue weighted by molar-refractivity contribution is 1.26. The predicted octanol–water partition coefficient (Wildman–Crippen LogP) is 1.62. The van der Waals surface area contributed by atoms with Gasteiger partial charge in [-0.1, -0.05) is 30.9 Å². The Morgan fingerprint density at radius 1 is 1.50 bits per heavy atom. The van der Waals surface area contributed by atoms with Gasteiger partial charge in [0, 0.05) is 6.21 Å². The van der Waals surface area contributed by atoms with Gasteiger partial charge in [-0.05, 0) is 12.5 Å². The highest BCUT2D eigenvalue weighted by Gasteiger charge is 1.75. The number of nitrogens with zero attached hydrogens (tertiary/aromatic N) is 1. The zero-order valence-electron chi connectivity index (χ0n) is 6.12. The molecule has 0 unspecified atom stereocenters. The fourth-order valence-corrected chi connectivity index (χ4v) is 0.447. The standard InChI is InChI=1S/C8H12N2/c1-3-4-5-6-8(2)7-10-9/h3-7H,1,9H2,2H3/b5-4-,8-6+,10-7+. The van der Waals surface area contributed by atoms with Gasteiger partial charge in [-0.3, -0.25) is 0 Å². The van der Waals surface area contributed by atoms with Gasteiger partial charge in [0.15, 0.2) is 0 Å². The van der Waals surface area contributed by atoms with Crippen LogP contribution in [0.25, 0.3) is 0 Å². The number of hydrogen-bond acceptors (Lipinski definition) is 2. The molecule has 0 rings (SSSR count). The molecule has 0 aliphatic rings. The lowest BCUT2D eigenvalue weighted by atomic mass is 10.3. The highest BCUT2D eigenvalue weighted by atomic mass is 15.1. The van der Waals surface area contributed by atoms with Gasteiger partial charge in [-0.2, -0.15) is 5.10 Å². The SMILES string of the molecule is C=C\C=C/C=C(C)/C=N/N. The molecule has 0 aromatic carbocycles. The molecule has 0 spiro atoms. The van der Waals surface area contributed by atoms with Crippen molar-refractivity contribution in [2.24, 2.45) is 10.9 Å². The van der Waals surface area contributed by atoms with E-state index in [9.17, 15) is 0 Å². The number of hydrazone groups is 1. The molecule has 0 aliphatic heterocycles. The first-order valence-corrected chi connectivity index (χ1v) is 3.00. The predicted molar refractivity (Wildman–Crippen MR) is 45.8 cm³/mol. The minimum Gasteiger partial charge on any atom is -0.323 e. The topological polar surface area (TPSA) is 38.4 Å². The van der Waals surface area contributed by atoms with E-state index in [1.807, 2.05) is 25.2 Å². The van der Waals surface area contributed by atoms with E-state index < -0.39 is 0 Å². The highest BCUT2D eigenvalue weighted by Crippen LogP contribution is 1.87. The molecule has 0 aliphatic carbocycles. The molecule has 2 heteroatoms. The van der Waals surface area contributed by atoms with Gasteiger partial charge < -0.3 is 5.84 Å². The first kappa shape index (κ1) is 8.69. The molecule has 0 saturated heterocycles. The van der Waals surface area contributed by atoms with Crippen LogP contribution in [0.5, 0.6) is 0 Å². The van der Waals surface area contributed by atoms with Crippen molar-refractivity contribution in [1.82, 2.24) is 0 Å². The van der Waals surface area contributed by atoms with E-state index in [0.717, 1.165) is 5.57 Å². The van der Waals surface area contributed by atoms with Crippen molar-refractivity contribution in [2.75, 3.05) is 0 Å². The largest absolute Gasteiger partial charge is 0.323 e. The molecular weight excluding hydrogens is 124 g/mol. The number of rotatable bonds is 3.